The predicted molar refractivity (Wildman–Crippen MR) is 67.3 cm³/mol. The van der Waals surface area contributed by atoms with Crippen molar-refractivity contribution in [1.82, 2.24) is 4.98 Å². The summed E-state index contributed by atoms with van der Waals surface area (Å²) in [6.45, 7) is 0. The number of nitrogens with zero attached hydrogens (tertiary/aromatic N) is 1. The van der Waals surface area contributed by atoms with Gasteiger partial charge in [-0.1, -0.05) is 30.3 Å². The standard InChI is InChI=1S/C15H9NO/c1-2-7-13-10(4-1)11-5-3-6-12-15(11)14(17-13)8-9-16-12/h1-9H. The molecule has 0 radical (unpaired) electrons. The van der Waals surface area contributed by atoms with Crippen LogP contribution in [-0.2, 0) is 0 Å². The number of hydrogen-bond donors (Lipinski definition) is 0. The van der Waals surface area contributed by atoms with Gasteiger partial charge in [0.2, 0.25) is 0 Å². The molecule has 1 aliphatic heterocycles. The smallest absolute Gasteiger partial charge is 0.139 e. The van der Waals surface area contributed by atoms with Crippen molar-refractivity contribution in [1.29, 1.82) is 0 Å². The maximum absolute atomic E-state index is 5.91. The number of rotatable bonds is 0. The minimum absolute atomic E-state index is 0.893. The number of hydrogen-bond acceptors (Lipinski definition) is 2. The highest BCUT2D eigenvalue weighted by Crippen LogP contribution is 2.45. The number of fused-ring (bicyclic) bond motifs is 2. The maximum atomic E-state index is 5.91. The van der Waals surface area contributed by atoms with Crippen molar-refractivity contribution in [2.45, 2.75) is 0 Å². The van der Waals surface area contributed by atoms with Crippen LogP contribution in [0, 0.1) is 0 Å². The second-order valence-electron chi connectivity index (χ2n) is 4.11. The molecule has 0 atom stereocenters. The molecule has 2 heterocycles. The van der Waals surface area contributed by atoms with Crippen LogP contribution in [0.3, 0.4) is 0 Å². The van der Waals surface area contributed by atoms with Crippen molar-refractivity contribution in [2.24, 2.45) is 0 Å². The number of benzene rings is 2. The van der Waals surface area contributed by atoms with Crippen molar-refractivity contribution >= 4 is 10.9 Å². The highest BCUT2D eigenvalue weighted by molar-refractivity contribution is 6.02. The van der Waals surface area contributed by atoms with Crippen LogP contribution in [0.4, 0.5) is 0 Å². The van der Waals surface area contributed by atoms with Gasteiger partial charge in [0.05, 0.1) is 10.9 Å². The van der Waals surface area contributed by atoms with Crippen LogP contribution in [0.1, 0.15) is 0 Å². The zero-order valence-corrected chi connectivity index (χ0v) is 9.05. The van der Waals surface area contributed by atoms with Gasteiger partial charge in [0.1, 0.15) is 11.5 Å². The quantitative estimate of drug-likeness (QED) is 0.446. The van der Waals surface area contributed by atoms with Gasteiger partial charge in [-0.2, -0.15) is 0 Å². The Hall–Kier alpha value is -2.35. The SMILES string of the molecule is c1ccc2c(c1)Oc1ccnc3cccc-2c13. The van der Waals surface area contributed by atoms with E-state index in [1.807, 2.05) is 36.4 Å². The molecule has 0 saturated heterocycles. The molecule has 1 aliphatic rings. The Morgan fingerprint density at radius 2 is 1.65 bits per heavy atom. The lowest BCUT2D eigenvalue weighted by Gasteiger charge is -2.20. The Morgan fingerprint density at radius 1 is 0.765 bits per heavy atom. The molecule has 4 rings (SSSR count). The first-order valence-corrected chi connectivity index (χ1v) is 5.58. The third-order valence-corrected chi connectivity index (χ3v) is 3.13. The van der Waals surface area contributed by atoms with Crippen molar-refractivity contribution < 1.29 is 4.74 Å². The fourth-order valence-electron chi connectivity index (χ4n) is 2.38. The second-order valence-corrected chi connectivity index (χ2v) is 4.11. The molecule has 2 heteroatoms. The van der Waals surface area contributed by atoms with E-state index in [4.69, 9.17) is 4.74 Å². The van der Waals surface area contributed by atoms with Gasteiger partial charge in [0, 0.05) is 11.8 Å². The lowest BCUT2D eigenvalue weighted by molar-refractivity contribution is 0.486. The van der Waals surface area contributed by atoms with E-state index in [1.54, 1.807) is 6.20 Å². The molecule has 1 aromatic heterocycles. The Balaban J connectivity index is 2.22. The van der Waals surface area contributed by atoms with Gasteiger partial charge < -0.3 is 4.74 Å². The van der Waals surface area contributed by atoms with Crippen molar-refractivity contribution in [3.05, 3.63) is 54.7 Å². The third kappa shape index (κ3) is 1.12. The first kappa shape index (κ1) is 8.76. The topological polar surface area (TPSA) is 22.1 Å². The van der Waals surface area contributed by atoms with Crippen LogP contribution < -0.4 is 4.74 Å². The summed E-state index contributed by atoms with van der Waals surface area (Å²) < 4.78 is 5.91. The maximum Gasteiger partial charge on any atom is 0.139 e. The molecule has 0 aliphatic carbocycles. The molecule has 2 aromatic carbocycles. The lowest BCUT2D eigenvalue weighted by atomic mass is 9.97. The highest BCUT2D eigenvalue weighted by atomic mass is 16.5. The summed E-state index contributed by atoms with van der Waals surface area (Å²) >= 11 is 0. The van der Waals surface area contributed by atoms with E-state index in [0.29, 0.717) is 0 Å². The van der Waals surface area contributed by atoms with E-state index in [2.05, 4.69) is 17.1 Å². The minimum atomic E-state index is 0.893. The van der Waals surface area contributed by atoms with Crippen LogP contribution in [0.15, 0.2) is 54.7 Å². The van der Waals surface area contributed by atoms with Gasteiger partial charge >= 0.3 is 0 Å². The number of para-hydroxylation sites is 1. The fraction of sp³-hybridized carbons (Fsp3) is 0. The normalized spacial score (nSPS) is 12.0. The lowest BCUT2D eigenvalue weighted by Crippen LogP contribution is -1.97. The molecule has 0 N–H and O–H groups in total. The number of ether oxygens (including phenoxy) is 1. The molecular formula is C15H9NO. The molecule has 0 bridgehead atoms. The average molecular weight is 219 g/mol. The zero-order chi connectivity index (χ0) is 11.2. The van der Waals surface area contributed by atoms with E-state index < -0.39 is 0 Å². The van der Waals surface area contributed by atoms with E-state index in [9.17, 15) is 0 Å². The summed E-state index contributed by atoms with van der Waals surface area (Å²) in [6.07, 6.45) is 1.79. The highest BCUT2D eigenvalue weighted by Gasteiger charge is 2.18. The van der Waals surface area contributed by atoms with Gasteiger partial charge in [0.25, 0.3) is 0 Å². The van der Waals surface area contributed by atoms with Crippen LogP contribution in [-0.4, -0.2) is 4.98 Å². The van der Waals surface area contributed by atoms with E-state index in [1.165, 1.54) is 5.56 Å². The van der Waals surface area contributed by atoms with Crippen LogP contribution in [0.5, 0.6) is 11.5 Å². The van der Waals surface area contributed by atoms with Crippen LogP contribution in [0.25, 0.3) is 22.0 Å². The molecule has 3 aromatic rings. The van der Waals surface area contributed by atoms with E-state index in [0.717, 1.165) is 28.0 Å². The van der Waals surface area contributed by atoms with Gasteiger partial charge in [-0.15, -0.1) is 0 Å². The minimum Gasteiger partial charge on any atom is -0.456 e. The first-order valence-electron chi connectivity index (χ1n) is 5.58. The number of aromatic nitrogens is 1. The van der Waals surface area contributed by atoms with Crippen LogP contribution >= 0.6 is 0 Å². The fourth-order valence-corrected chi connectivity index (χ4v) is 2.38. The Morgan fingerprint density at radius 3 is 2.65 bits per heavy atom. The summed E-state index contributed by atoms with van der Waals surface area (Å²) in [7, 11) is 0. The molecule has 80 valence electrons. The van der Waals surface area contributed by atoms with E-state index >= 15 is 0 Å². The number of pyridine rings is 1. The summed E-state index contributed by atoms with van der Waals surface area (Å²) in [4.78, 5) is 4.38. The van der Waals surface area contributed by atoms with Crippen molar-refractivity contribution in [3.8, 4) is 22.6 Å². The largest absolute Gasteiger partial charge is 0.456 e. The van der Waals surface area contributed by atoms with Crippen molar-refractivity contribution in [3.63, 3.8) is 0 Å². The zero-order valence-electron chi connectivity index (χ0n) is 9.05. The predicted octanol–water partition coefficient (Wildman–Crippen LogP) is 4.01. The van der Waals surface area contributed by atoms with Gasteiger partial charge in [-0.3, -0.25) is 4.98 Å². The molecule has 0 unspecified atom stereocenters. The average Bonchev–Trinajstić information content (AvgIpc) is 2.39. The van der Waals surface area contributed by atoms with Gasteiger partial charge in [-0.05, 0) is 23.8 Å². The Kier molecular flexibility index (Phi) is 1.59. The van der Waals surface area contributed by atoms with Gasteiger partial charge in [0.15, 0.2) is 0 Å². The van der Waals surface area contributed by atoms with Crippen LogP contribution in [0.2, 0.25) is 0 Å². The molecule has 0 spiro atoms. The molecule has 17 heavy (non-hydrogen) atoms. The summed E-state index contributed by atoms with van der Waals surface area (Å²) in [5, 5.41) is 1.11. The summed E-state index contributed by atoms with van der Waals surface area (Å²) in [6, 6.07) is 16.2. The molecule has 0 amide bonds. The molecule has 2 nitrogen and oxygen atoms in total. The second kappa shape index (κ2) is 3.08. The van der Waals surface area contributed by atoms with Gasteiger partial charge in [-0.25, -0.2) is 0 Å². The first-order chi connectivity index (χ1) is 8.43. The summed E-state index contributed by atoms with van der Waals surface area (Å²) in [5.41, 5.74) is 3.32. The molecule has 0 fully saturated rings. The van der Waals surface area contributed by atoms with E-state index in [-0.39, 0.29) is 0 Å². The molecular weight excluding hydrogens is 210 g/mol. The Bertz CT molecular complexity index is 729. The van der Waals surface area contributed by atoms with Crippen molar-refractivity contribution in [2.75, 3.05) is 0 Å². The molecule has 0 saturated carbocycles. The Labute approximate surface area is 98.5 Å². The third-order valence-electron chi connectivity index (χ3n) is 3.13. The summed E-state index contributed by atoms with van der Waals surface area (Å²) in [5.74, 6) is 1.81. The monoisotopic (exact) mass is 219 g/mol.